The Hall–Kier alpha value is -3.63. The van der Waals surface area contributed by atoms with Crippen molar-refractivity contribution in [2.24, 2.45) is 5.73 Å². The Kier molecular flexibility index (Phi) is 10.7. The van der Waals surface area contributed by atoms with E-state index >= 15 is 0 Å². The number of esters is 1. The zero-order chi connectivity index (χ0) is 26.9. The van der Waals surface area contributed by atoms with Crippen molar-refractivity contribution in [3.05, 3.63) is 34.9 Å². The number of likely N-dealkylation sites (N-methyl/N-ethyl adjacent to an activating group) is 1. The summed E-state index contributed by atoms with van der Waals surface area (Å²) in [4.78, 5) is 63.1. The van der Waals surface area contributed by atoms with Crippen LogP contribution >= 0.6 is 0 Å². The molecule has 0 bridgehead atoms. The summed E-state index contributed by atoms with van der Waals surface area (Å²) in [5.74, 6) is -2.57. The molecule has 35 heavy (non-hydrogen) atoms. The second kappa shape index (κ2) is 12.7. The highest BCUT2D eigenvalue weighted by molar-refractivity contribution is 5.93. The van der Waals surface area contributed by atoms with Crippen LogP contribution in [0.3, 0.4) is 0 Å². The molecule has 0 aliphatic rings. The topological polar surface area (TPSA) is 157 Å². The van der Waals surface area contributed by atoms with Crippen LogP contribution in [0.4, 0.5) is 4.79 Å². The first-order valence-electron chi connectivity index (χ1n) is 11.1. The number of methoxy groups -OCH3 is 1. The lowest BCUT2D eigenvalue weighted by molar-refractivity contribution is -0.143. The van der Waals surface area contributed by atoms with Gasteiger partial charge >= 0.3 is 12.1 Å². The number of benzene rings is 1. The molecule has 0 aliphatic carbocycles. The maximum Gasteiger partial charge on any atom is 0.408 e. The number of carbonyl (C=O) groups is 5. The molecule has 4 amide bonds. The number of carbonyl (C=O) groups excluding carboxylic acids is 5. The summed E-state index contributed by atoms with van der Waals surface area (Å²) in [5, 5.41) is 4.95. The van der Waals surface area contributed by atoms with E-state index in [0.717, 1.165) is 16.0 Å². The van der Waals surface area contributed by atoms with Crippen LogP contribution in [-0.2, 0) is 28.7 Å². The van der Waals surface area contributed by atoms with Gasteiger partial charge in [-0.1, -0.05) is 23.8 Å². The van der Waals surface area contributed by atoms with Gasteiger partial charge in [0.1, 0.15) is 24.2 Å². The molecular formula is C24H36N4O7. The van der Waals surface area contributed by atoms with Gasteiger partial charge in [-0.25, -0.2) is 4.79 Å². The zero-order valence-electron chi connectivity index (χ0n) is 21.4. The van der Waals surface area contributed by atoms with Crippen molar-refractivity contribution in [3.8, 4) is 0 Å². The first-order chi connectivity index (χ1) is 16.2. The Labute approximate surface area is 205 Å². The van der Waals surface area contributed by atoms with Gasteiger partial charge in [0, 0.05) is 13.5 Å². The number of nitrogens with two attached hydrogens (primary N) is 1. The molecule has 0 radical (unpaired) electrons. The molecule has 1 rings (SSSR count). The van der Waals surface area contributed by atoms with E-state index in [9.17, 15) is 24.0 Å². The second-order valence-corrected chi connectivity index (χ2v) is 9.21. The second-order valence-electron chi connectivity index (χ2n) is 9.21. The molecule has 0 spiro atoms. The van der Waals surface area contributed by atoms with Crippen molar-refractivity contribution in [3.63, 3.8) is 0 Å². The van der Waals surface area contributed by atoms with Crippen LogP contribution in [0.15, 0.2) is 18.2 Å². The Bertz CT molecular complexity index is 956. The smallest absolute Gasteiger partial charge is 0.408 e. The number of hydrogen-bond acceptors (Lipinski definition) is 7. The van der Waals surface area contributed by atoms with Crippen LogP contribution in [0.5, 0.6) is 0 Å². The first kappa shape index (κ1) is 29.4. The Morgan fingerprint density at radius 1 is 1.11 bits per heavy atom. The summed E-state index contributed by atoms with van der Waals surface area (Å²) in [5.41, 5.74) is 6.66. The average molecular weight is 493 g/mol. The van der Waals surface area contributed by atoms with Gasteiger partial charge in [0.2, 0.25) is 17.7 Å². The molecule has 0 saturated heterocycles. The van der Waals surface area contributed by atoms with E-state index in [4.69, 9.17) is 10.5 Å². The molecule has 0 aromatic heterocycles. The van der Waals surface area contributed by atoms with Crippen molar-refractivity contribution in [2.45, 2.75) is 65.1 Å². The molecule has 11 heteroatoms. The van der Waals surface area contributed by atoms with Crippen molar-refractivity contribution in [2.75, 3.05) is 20.7 Å². The minimum Gasteiger partial charge on any atom is -0.468 e. The summed E-state index contributed by atoms with van der Waals surface area (Å²) in [6.45, 7) is 8.30. The zero-order valence-corrected chi connectivity index (χ0v) is 21.4. The maximum atomic E-state index is 13.5. The van der Waals surface area contributed by atoms with Crippen LogP contribution in [0.25, 0.3) is 0 Å². The van der Waals surface area contributed by atoms with E-state index in [1.165, 1.54) is 14.2 Å². The van der Waals surface area contributed by atoms with Crippen molar-refractivity contribution in [1.82, 2.24) is 15.5 Å². The summed E-state index contributed by atoms with van der Waals surface area (Å²) < 4.78 is 9.81. The normalized spacial score (nSPS) is 12.7. The molecular weight excluding hydrogens is 456 g/mol. The Morgan fingerprint density at radius 2 is 1.74 bits per heavy atom. The van der Waals surface area contributed by atoms with Crippen molar-refractivity contribution >= 4 is 29.8 Å². The molecule has 0 aliphatic heterocycles. The van der Waals surface area contributed by atoms with E-state index in [-0.39, 0.29) is 19.4 Å². The molecule has 2 atom stereocenters. The van der Waals surface area contributed by atoms with Gasteiger partial charge in [-0.15, -0.1) is 0 Å². The molecule has 2 unspecified atom stereocenters. The van der Waals surface area contributed by atoms with Crippen molar-refractivity contribution < 1.29 is 33.4 Å². The fourth-order valence-corrected chi connectivity index (χ4v) is 3.35. The minimum absolute atomic E-state index is 0.0961. The van der Waals surface area contributed by atoms with Gasteiger partial charge in [0.25, 0.3) is 0 Å². The lowest BCUT2D eigenvalue weighted by atomic mass is 9.96. The molecule has 1 aromatic rings. The van der Waals surface area contributed by atoms with Crippen LogP contribution in [0.1, 0.15) is 56.3 Å². The van der Waals surface area contributed by atoms with Crippen LogP contribution in [-0.4, -0.2) is 67.0 Å². The summed E-state index contributed by atoms with van der Waals surface area (Å²) in [6, 6.07) is 3.05. The number of nitrogens with zero attached hydrogens (tertiary/aromatic N) is 1. The predicted molar refractivity (Wildman–Crippen MR) is 128 cm³/mol. The summed E-state index contributed by atoms with van der Waals surface area (Å²) in [7, 11) is 2.59. The lowest BCUT2D eigenvalue weighted by Crippen LogP contribution is -2.52. The Morgan fingerprint density at radius 3 is 2.26 bits per heavy atom. The fourth-order valence-electron chi connectivity index (χ4n) is 3.35. The number of hydrogen-bond donors (Lipinski definition) is 3. The molecule has 0 fully saturated rings. The average Bonchev–Trinajstić information content (AvgIpc) is 2.74. The van der Waals surface area contributed by atoms with Gasteiger partial charge in [-0.2, -0.15) is 0 Å². The molecule has 4 N–H and O–H groups in total. The van der Waals surface area contributed by atoms with E-state index in [1.807, 2.05) is 13.0 Å². The highest BCUT2D eigenvalue weighted by Gasteiger charge is 2.35. The number of nitrogens with one attached hydrogen (secondary N) is 2. The predicted octanol–water partition coefficient (Wildman–Crippen LogP) is 1.25. The van der Waals surface area contributed by atoms with Crippen LogP contribution in [0.2, 0.25) is 0 Å². The number of aryl methyl sites for hydroxylation is 2. The monoisotopic (exact) mass is 492 g/mol. The van der Waals surface area contributed by atoms with Crippen LogP contribution < -0.4 is 16.4 Å². The standard InChI is InChI=1S/C24H36N4O7/c1-14-8-9-16(15(2)12-14)20(21(31)26-13-19(30)34-7)28(6)22(32)17(10-11-18(25)29)27-23(33)35-24(3,4)5/h8-9,12,17,20H,10-11,13H2,1-7H3,(H2,25,29)(H,26,31)(H,27,33). The number of ether oxygens (including phenoxy) is 2. The minimum atomic E-state index is -1.19. The number of amides is 4. The molecule has 11 nitrogen and oxygen atoms in total. The first-order valence-corrected chi connectivity index (χ1v) is 11.1. The van der Waals surface area contributed by atoms with Gasteiger partial charge in [-0.05, 0) is 52.2 Å². The molecule has 194 valence electrons. The van der Waals surface area contributed by atoms with Gasteiger partial charge < -0.3 is 30.7 Å². The summed E-state index contributed by atoms with van der Waals surface area (Å²) >= 11 is 0. The highest BCUT2D eigenvalue weighted by Crippen LogP contribution is 2.25. The van der Waals surface area contributed by atoms with Gasteiger partial charge in [-0.3, -0.25) is 19.2 Å². The van der Waals surface area contributed by atoms with Gasteiger partial charge in [0.15, 0.2) is 0 Å². The van der Waals surface area contributed by atoms with Gasteiger partial charge in [0.05, 0.1) is 7.11 Å². The van der Waals surface area contributed by atoms with E-state index in [2.05, 4.69) is 15.4 Å². The SMILES string of the molecule is COC(=O)CNC(=O)C(c1ccc(C)cc1C)N(C)C(=O)C(CCC(N)=O)NC(=O)OC(C)(C)C. The maximum absolute atomic E-state index is 13.5. The largest absolute Gasteiger partial charge is 0.468 e. The number of primary amides is 1. The van der Waals surface area contributed by atoms with E-state index < -0.39 is 47.5 Å². The molecule has 1 aromatic carbocycles. The fraction of sp³-hybridized carbons (Fsp3) is 0.542. The van der Waals surface area contributed by atoms with E-state index in [0.29, 0.717) is 5.56 Å². The van der Waals surface area contributed by atoms with Crippen LogP contribution in [0, 0.1) is 13.8 Å². The molecule has 0 saturated carbocycles. The third-order valence-corrected chi connectivity index (χ3v) is 5.01. The third kappa shape index (κ3) is 9.63. The third-order valence-electron chi connectivity index (χ3n) is 5.01. The Balaban J connectivity index is 3.32. The van der Waals surface area contributed by atoms with E-state index in [1.54, 1.807) is 39.8 Å². The van der Waals surface area contributed by atoms with Crippen molar-refractivity contribution in [1.29, 1.82) is 0 Å². The highest BCUT2D eigenvalue weighted by atomic mass is 16.6. The number of alkyl carbamates (subject to hydrolysis) is 1. The lowest BCUT2D eigenvalue weighted by Gasteiger charge is -2.32. The summed E-state index contributed by atoms with van der Waals surface area (Å²) in [6.07, 6.45) is -1.13. The number of rotatable bonds is 10. The quantitative estimate of drug-likeness (QED) is 0.415. The molecule has 0 heterocycles.